The van der Waals surface area contributed by atoms with Crippen LogP contribution in [0, 0.1) is 24.0 Å². The normalized spacial score (nSPS) is 13.6. The van der Waals surface area contributed by atoms with E-state index in [1.54, 1.807) is 18.3 Å². The van der Waals surface area contributed by atoms with Crippen molar-refractivity contribution in [2.75, 3.05) is 23.3 Å². The second-order valence-electron chi connectivity index (χ2n) is 8.05. The molecule has 1 saturated heterocycles. The molecule has 8 nitrogen and oxygen atoms in total. The van der Waals surface area contributed by atoms with Gasteiger partial charge in [-0.05, 0) is 62.4 Å². The van der Waals surface area contributed by atoms with Crippen molar-refractivity contribution in [2.24, 2.45) is 0 Å². The molecule has 0 bridgehead atoms. The van der Waals surface area contributed by atoms with Crippen LogP contribution in [0.4, 0.5) is 17.2 Å². The second-order valence-corrected chi connectivity index (χ2v) is 8.05. The quantitative estimate of drug-likeness (QED) is 0.455. The number of aromatic nitrogens is 2. The lowest BCUT2D eigenvalue weighted by molar-refractivity contribution is -0.385. The van der Waals surface area contributed by atoms with Gasteiger partial charge in [-0.15, -0.1) is 0 Å². The number of aryl methyl sites for hydroxylation is 2. The fraction of sp³-hybridized carbons (Fsp3) is 0.292. The van der Waals surface area contributed by atoms with Crippen LogP contribution in [0.5, 0.6) is 0 Å². The van der Waals surface area contributed by atoms with Crippen LogP contribution in [0.1, 0.15) is 40.7 Å². The molecule has 0 aliphatic carbocycles. The van der Waals surface area contributed by atoms with Gasteiger partial charge in [-0.1, -0.05) is 12.1 Å². The number of nitrogens with one attached hydrogen (secondary N) is 1. The van der Waals surface area contributed by atoms with Gasteiger partial charge in [0.1, 0.15) is 5.56 Å². The highest BCUT2D eigenvalue weighted by molar-refractivity contribution is 6.07. The molecule has 1 aromatic heterocycles. The maximum Gasteiger partial charge on any atom is 0.282 e. The van der Waals surface area contributed by atoms with Crippen LogP contribution in [0.2, 0.25) is 0 Å². The summed E-state index contributed by atoms with van der Waals surface area (Å²) in [6.45, 7) is 5.84. The van der Waals surface area contributed by atoms with Gasteiger partial charge in [0.05, 0.1) is 23.0 Å². The summed E-state index contributed by atoms with van der Waals surface area (Å²) < 4.78 is 0. The van der Waals surface area contributed by atoms with Crippen molar-refractivity contribution in [3.8, 4) is 11.3 Å². The number of nitro groups is 1. The number of piperidine rings is 1. The van der Waals surface area contributed by atoms with Gasteiger partial charge in [-0.25, -0.2) is 4.98 Å². The largest absolute Gasteiger partial charge is 0.372 e. The van der Waals surface area contributed by atoms with Gasteiger partial charge in [-0.2, -0.15) is 0 Å². The third-order valence-corrected chi connectivity index (χ3v) is 5.84. The van der Waals surface area contributed by atoms with Crippen molar-refractivity contribution in [3.05, 3.63) is 75.6 Å². The van der Waals surface area contributed by atoms with E-state index in [0.29, 0.717) is 5.69 Å². The molecule has 164 valence electrons. The van der Waals surface area contributed by atoms with Crippen molar-refractivity contribution in [1.29, 1.82) is 0 Å². The zero-order valence-corrected chi connectivity index (χ0v) is 18.2. The molecule has 3 aromatic rings. The lowest BCUT2D eigenvalue weighted by Crippen LogP contribution is -2.29. The van der Waals surface area contributed by atoms with Crippen LogP contribution < -0.4 is 10.2 Å². The molecule has 1 fully saturated rings. The minimum atomic E-state index is -0.580. The number of nitrogens with zero attached hydrogens (tertiary/aromatic N) is 4. The SMILES string of the molecule is Cc1ccc(-c2cnc(NC(=O)c3cc(N4CCCCC4)ccc3[N+](=O)[O-])cn2)cc1C. The Morgan fingerprint density at radius 3 is 2.44 bits per heavy atom. The Hall–Kier alpha value is -3.81. The molecule has 1 aliphatic rings. The van der Waals surface area contributed by atoms with Crippen LogP contribution in [0.15, 0.2) is 48.8 Å². The van der Waals surface area contributed by atoms with E-state index < -0.39 is 10.8 Å². The van der Waals surface area contributed by atoms with E-state index in [1.807, 2.05) is 32.0 Å². The predicted molar refractivity (Wildman–Crippen MR) is 124 cm³/mol. The molecule has 1 N–H and O–H groups in total. The van der Waals surface area contributed by atoms with E-state index in [0.717, 1.165) is 42.7 Å². The summed E-state index contributed by atoms with van der Waals surface area (Å²) in [4.78, 5) is 34.7. The molecule has 2 aromatic carbocycles. The average molecular weight is 431 g/mol. The summed E-state index contributed by atoms with van der Waals surface area (Å²) >= 11 is 0. The Balaban J connectivity index is 1.56. The average Bonchev–Trinajstić information content (AvgIpc) is 2.81. The second kappa shape index (κ2) is 9.13. The minimum Gasteiger partial charge on any atom is -0.372 e. The van der Waals surface area contributed by atoms with Gasteiger partial charge >= 0.3 is 0 Å². The third kappa shape index (κ3) is 4.59. The van der Waals surface area contributed by atoms with E-state index >= 15 is 0 Å². The first-order valence-electron chi connectivity index (χ1n) is 10.7. The number of carbonyl (C=O) groups is 1. The Morgan fingerprint density at radius 2 is 1.78 bits per heavy atom. The summed E-state index contributed by atoms with van der Waals surface area (Å²) in [6, 6.07) is 10.7. The van der Waals surface area contributed by atoms with Crippen LogP contribution in [0.25, 0.3) is 11.3 Å². The van der Waals surface area contributed by atoms with Gasteiger partial charge in [0, 0.05) is 30.4 Å². The smallest absolute Gasteiger partial charge is 0.282 e. The van der Waals surface area contributed by atoms with E-state index in [-0.39, 0.29) is 17.1 Å². The summed E-state index contributed by atoms with van der Waals surface area (Å²) in [5, 5.41) is 14.2. The number of amides is 1. The summed E-state index contributed by atoms with van der Waals surface area (Å²) in [5.74, 6) is -0.343. The van der Waals surface area contributed by atoms with E-state index in [1.165, 1.54) is 24.2 Å². The van der Waals surface area contributed by atoms with Gasteiger partial charge in [0.15, 0.2) is 5.82 Å². The molecule has 0 unspecified atom stereocenters. The molecule has 32 heavy (non-hydrogen) atoms. The maximum atomic E-state index is 12.9. The van der Waals surface area contributed by atoms with Crippen molar-refractivity contribution >= 4 is 23.1 Å². The van der Waals surface area contributed by atoms with Crippen LogP contribution in [-0.2, 0) is 0 Å². The number of hydrogen-bond donors (Lipinski definition) is 1. The fourth-order valence-electron chi connectivity index (χ4n) is 3.84. The van der Waals surface area contributed by atoms with Gasteiger partial charge in [0.2, 0.25) is 0 Å². The molecule has 0 atom stereocenters. The Bertz CT molecular complexity index is 1150. The standard InChI is InChI=1S/C24H25N5O3/c1-16-6-7-18(12-17(16)2)21-14-26-23(15-25-21)27-24(30)20-13-19(8-9-22(20)29(31)32)28-10-4-3-5-11-28/h6-9,12-15H,3-5,10-11H2,1-2H3,(H,26,27,30). The van der Waals surface area contributed by atoms with Crippen molar-refractivity contribution in [2.45, 2.75) is 33.1 Å². The molecule has 2 heterocycles. The summed E-state index contributed by atoms with van der Waals surface area (Å²) in [6.07, 6.45) is 6.36. The van der Waals surface area contributed by atoms with E-state index in [2.05, 4.69) is 20.2 Å². The molecule has 1 aliphatic heterocycles. The summed E-state index contributed by atoms with van der Waals surface area (Å²) in [5.41, 5.74) is 4.56. The zero-order chi connectivity index (χ0) is 22.7. The maximum absolute atomic E-state index is 12.9. The van der Waals surface area contributed by atoms with Gasteiger partial charge < -0.3 is 10.2 Å². The number of rotatable bonds is 5. The number of benzene rings is 2. The topological polar surface area (TPSA) is 101 Å². The zero-order valence-electron chi connectivity index (χ0n) is 18.2. The minimum absolute atomic E-state index is 0.0121. The number of anilines is 2. The van der Waals surface area contributed by atoms with Crippen molar-refractivity contribution < 1.29 is 9.72 Å². The highest BCUT2D eigenvalue weighted by Crippen LogP contribution is 2.28. The van der Waals surface area contributed by atoms with E-state index in [9.17, 15) is 14.9 Å². The Kier molecular flexibility index (Phi) is 6.11. The lowest BCUT2D eigenvalue weighted by Gasteiger charge is -2.29. The van der Waals surface area contributed by atoms with Crippen molar-refractivity contribution in [1.82, 2.24) is 9.97 Å². The third-order valence-electron chi connectivity index (χ3n) is 5.84. The lowest BCUT2D eigenvalue weighted by atomic mass is 10.0. The van der Waals surface area contributed by atoms with Gasteiger partial charge in [0.25, 0.3) is 11.6 Å². The van der Waals surface area contributed by atoms with Crippen LogP contribution >= 0.6 is 0 Å². The molecule has 0 radical (unpaired) electrons. The molecule has 4 rings (SSSR count). The number of carbonyl (C=O) groups excluding carboxylic acids is 1. The van der Waals surface area contributed by atoms with Crippen LogP contribution in [0.3, 0.4) is 0 Å². The molecular formula is C24H25N5O3. The first-order valence-corrected chi connectivity index (χ1v) is 10.7. The Labute approximate surface area is 186 Å². The van der Waals surface area contributed by atoms with E-state index in [4.69, 9.17) is 0 Å². The first kappa shape index (κ1) is 21.4. The first-order chi connectivity index (χ1) is 15.4. The van der Waals surface area contributed by atoms with Crippen molar-refractivity contribution in [3.63, 3.8) is 0 Å². The fourth-order valence-corrected chi connectivity index (χ4v) is 3.84. The molecule has 0 spiro atoms. The van der Waals surface area contributed by atoms with Crippen LogP contribution in [-0.4, -0.2) is 33.9 Å². The molecule has 0 saturated carbocycles. The Morgan fingerprint density at radius 1 is 1.00 bits per heavy atom. The molecule has 8 heteroatoms. The highest BCUT2D eigenvalue weighted by Gasteiger charge is 2.23. The number of hydrogen-bond acceptors (Lipinski definition) is 6. The highest BCUT2D eigenvalue weighted by atomic mass is 16.6. The molecular weight excluding hydrogens is 406 g/mol. The van der Waals surface area contributed by atoms with Gasteiger partial charge in [-0.3, -0.25) is 19.9 Å². The summed E-state index contributed by atoms with van der Waals surface area (Å²) in [7, 11) is 0. The monoisotopic (exact) mass is 431 g/mol. The molecule has 1 amide bonds. The number of nitro benzene ring substituents is 1. The predicted octanol–water partition coefficient (Wildman–Crippen LogP) is 4.91.